The number of nitrogens with zero attached hydrogens (tertiary/aromatic N) is 5. The van der Waals surface area contributed by atoms with Gasteiger partial charge in [0.1, 0.15) is 33.7 Å². The molecule has 0 radical (unpaired) electrons. The van der Waals surface area contributed by atoms with Crippen LogP contribution in [0.3, 0.4) is 0 Å². The highest BCUT2D eigenvalue weighted by molar-refractivity contribution is 7.90. The summed E-state index contributed by atoms with van der Waals surface area (Å²) in [7, 11) is -1.000. The lowest BCUT2D eigenvalue weighted by Crippen LogP contribution is -2.38. The second-order valence-corrected chi connectivity index (χ2v) is 12.4. The summed E-state index contributed by atoms with van der Waals surface area (Å²) in [5.41, 5.74) is 6.79. The third-order valence-electron chi connectivity index (χ3n) is 6.56. The zero-order valence-corrected chi connectivity index (χ0v) is 23.7. The number of rotatable bonds is 16. The van der Waals surface area contributed by atoms with E-state index in [1.807, 2.05) is 11.9 Å². The summed E-state index contributed by atoms with van der Waals surface area (Å²) in [6.07, 6.45) is 3.19. The number of aromatic nitrogens is 4. The number of fused-ring (bicyclic) bond motifs is 1. The number of ether oxygens (including phenoxy) is 1. The van der Waals surface area contributed by atoms with E-state index in [1.165, 1.54) is 12.6 Å². The number of unbranched alkanes of at least 4 members (excludes halogenated alkanes) is 3. The number of hydrogen-bond acceptors (Lipinski definition) is 12. The Balaban J connectivity index is 1.50. The Morgan fingerprint density at radius 1 is 1.18 bits per heavy atom. The first-order valence-corrected chi connectivity index (χ1v) is 15.4. The molecule has 1 amide bonds. The highest BCUT2D eigenvalue weighted by Crippen LogP contribution is 2.32. The summed E-state index contributed by atoms with van der Waals surface area (Å²) in [5.74, 6) is 0.471. The summed E-state index contributed by atoms with van der Waals surface area (Å²) in [6, 6.07) is 0. The number of sulfone groups is 1. The molecule has 0 unspecified atom stereocenters. The van der Waals surface area contributed by atoms with Crippen LogP contribution < -0.4 is 16.4 Å². The van der Waals surface area contributed by atoms with Crippen molar-refractivity contribution in [2.45, 2.75) is 70.0 Å². The zero-order valence-electron chi connectivity index (χ0n) is 22.9. The van der Waals surface area contributed by atoms with Crippen molar-refractivity contribution in [2.75, 3.05) is 56.3 Å². The van der Waals surface area contributed by atoms with E-state index in [-0.39, 0.29) is 23.4 Å². The van der Waals surface area contributed by atoms with Crippen LogP contribution in [0.5, 0.6) is 0 Å². The van der Waals surface area contributed by atoms with E-state index >= 15 is 0 Å². The first-order valence-electron chi connectivity index (χ1n) is 13.4. The molecule has 0 aliphatic carbocycles. The van der Waals surface area contributed by atoms with Crippen LogP contribution >= 0.6 is 0 Å². The van der Waals surface area contributed by atoms with Crippen molar-refractivity contribution in [3.8, 4) is 0 Å². The standard InChI is InChI=1S/C24H42N8O6S/c1-4-12-31(2)14-16-19(34)20(35)23(38-16)32-15-28-18-21(25)29-24(30-22(18)32)27-11-10-26-17(33)9-7-5-6-8-13-39(3,36)37/h15-16,19-20,23,34-35H,4-14H2,1-3H3,(H,26,33)(H3,25,27,29,30)/t16-,19-,20-,23-/m1/s1. The lowest BCUT2D eigenvalue weighted by molar-refractivity contribution is -0.121. The number of anilines is 2. The molecular weight excluding hydrogens is 528 g/mol. The second-order valence-electron chi connectivity index (χ2n) is 10.1. The Hall–Kier alpha value is -2.59. The Kier molecular flexibility index (Phi) is 11.2. The van der Waals surface area contributed by atoms with Crippen molar-refractivity contribution in [3.63, 3.8) is 0 Å². The molecule has 1 saturated heterocycles. The minimum absolute atomic E-state index is 0.0843. The molecule has 3 rings (SSSR count). The maximum Gasteiger partial charge on any atom is 0.226 e. The molecular formula is C24H42N8O6S. The second kappa shape index (κ2) is 14.2. The van der Waals surface area contributed by atoms with Crippen molar-refractivity contribution in [2.24, 2.45) is 0 Å². The molecule has 2 aromatic heterocycles. The summed E-state index contributed by atoms with van der Waals surface area (Å²) in [5, 5.41) is 27.1. The molecule has 3 heterocycles. The van der Waals surface area contributed by atoms with Gasteiger partial charge in [-0.05, 0) is 32.9 Å². The first kappa shape index (κ1) is 30.9. The largest absolute Gasteiger partial charge is 0.387 e. The normalized spacial score (nSPS) is 21.6. The van der Waals surface area contributed by atoms with E-state index in [4.69, 9.17) is 10.5 Å². The van der Waals surface area contributed by atoms with Gasteiger partial charge in [-0.2, -0.15) is 9.97 Å². The van der Waals surface area contributed by atoms with Crippen LogP contribution in [-0.4, -0.2) is 113 Å². The number of nitrogen functional groups attached to an aromatic ring is 1. The van der Waals surface area contributed by atoms with Gasteiger partial charge in [0, 0.05) is 38.1 Å². The van der Waals surface area contributed by atoms with Gasteiger partial charge in [0.05, 0.1) is 6.33 Å². The van der Waals surface area contributed by atoms with Crippen LogP contribution in [0.2, 0.25) is 0 Å². The molecule has 6 N–H and O–H groups in total. The fraction of sp³-hybridized carbons (Fsp3) is 0.750. The SMILES string of the molecule is CCCN(C)C[C@H]1O[C@@H](n2cnc3c(N)nc(NCCNC(=O)CCCCCCS(C)(=O)=O)nc32)[C@H](O)[C@@H]1O. The molecule has 4 atom stereocenters. The number of nitrogens with two attached hydrogens (primary N) is 1. The number of aliphatic hydroxyl groups excluding tert-OH is 2. The van der Waals surface area contributed by atoms with Gasteiger partial charge in [0.2, 0.25) is 11.9 Å². The van der Waals surface area contributed by atoms with E-state index in [0.717, 1.165) is 25.8 Å². The predicted octanol–water partition coefficient (Wildman–Crippen LogP) is -0.107. The van der Waals surface area contributed by atoms with E-state index in [9.17, 15) is 23.4 Å². The number of hydrogen-bond donors (Lipinski definition) is 5. The van der Waals surface area contributed by atoms with Gasteiger partial charge < -0.3 is 36.2 Å². The van der Waals surface area contributed by atoms with Gasteiger partial charge in [-0.15, -0.1) is 0 Å². The van der Waals surface area contributed by atoms with Gasteiger partial charge >= 0.3 is 0 Å². The van der Waals surface area contributed by atoms with Crippen molar-refractivity contribution in [1.29, 1.82) is 0 Å². The third-order valence-corrected chi connectivity index (χ3v) is 7.59. The fourth-order valence-corrected chi connectivity index (χ4v) is 5.29. The van der Waals surface area contributed by atoms with E-state index in [0.29, 0.717) is 50.1 Å². The van der Waals surface area contributed by atoms with E-state index in [1.54, 1.807) is 4.57 Å². The Morgan fingerprint density at radius 3 is 2.64 bits per heavy atom. The fourth-order valence-electron chi connectivity index (χ4n) is 4.56. The van der Waals surface area contributed by atoms with Crippen LogP contribution in [-0.2, 0) is 19.4 Å². The first-order chi connectivity index (χ1) is 18.5. The quantitative estimate of drug-likeness (QED) is 0.168. The highest BCUT2D eigenvalue weighted by atomic mass is 32.2. The number of amides is 1. The topological polar surface area (TPSA) is 198 Å². The minimum Gasteiger partial charge on any atom is -0.387 e. The van der Waals surface area contributed by atoms with Gasteiger partial charge in [0.25, 0.3) is 0 Å². The maximum atomic E-state index is 12.1. The Bertz CT molecular complexity index is 1190. The molecule has 220 valence electrons. The number of aliphatic hydroxyl groups is 2. The number of likely N-dealkylation sites (N-methyl/N-ethyl adjacent to an activating group) is 1. The minimum atomic E-state index is -2.94. The van der Waals surface area contributed by atoms with Crippen molar-refractivity contribution < 1.29 is 28.2 Å². The number of carbonyl (C=O) groups excluding carboxylic acids is 1. The summed E-state index contributed by atoms with van der Waals surface area (Å²) in [6.45, 7) is 4.07. The number of carbonyl (C=O) groups is 1. The molecule has 1 aliphatic heterocycles. The Labute approximate surface area is 229 Å². The third kappa shape index (κ3) is 8.96. The average molecular weight is 571 g/mol. The van der Waals surface area contributed by atoms with Crippen LogP contribution in [0.15, 0.2) is 6.33 Å². The van der Waals surface area contributed by atoms with Crippen LogP contribution in [0.1, 0.15) is 51.7 Å². The average Bonchev–Trinajstić information content (AvgIpc) is 3.40. The van der Waals surface area contributed by atoms with Crippen molar-refractivity contribution >= 4 is 38.7 Å². The monoisotopic (exact) mass is 570 g/mol. The molecule has 0 spiro atoms. The molecule has 0 aromatic carbocycles. The summed E-state index contributed by atoms with van der Waals surface area (Å²) in [4.78, 5) is 27.1. The molecule has 14 nitrogen and oxygen atoms in total. The molecule has 15 heteroatoms. The van der Waals surface area contributed by atoms with E-state index in [2.05, 4.69) is 32.5 Å². The Morgan fingerprint density at radius 2 is 1.92 bits per heavy atom. The van der Waals surface area contributed by atoms with Gasteiger partial charge in [-0.1, -0.05) is 19.8 Å². The van der Waals surface area contributed by atoms with Gasteiger partial charge in [0.15, 0.2) is 17.7 Å². The van der Waals surface area contributed by atoms with Crippen molar-refractivity contribution in [3.05, 3.63) is 6.33 Å². The molecule has 39 heavy (non-hydrogen) atoms. The van der Waals surface area contributed by atoms with Crippen LogP contribution in [0.4, 0.5) is 11.8 Å². The zero-order chi connectivity index (χ0) is 28.6. The smallest absolute Gasteiger partial charge is 0.226 e. The summed E-state index contributed by atoms with van der Waals surface area (Å²) >= 11 is 0. The maximum absolute atomic E-state index is 12.1. The molecule has 0 bridgehead atoms. The molecule has 1 aliphatic rings. The summed E-state index contributed by atoms with van der Waals surface area (Å²) < 4.78 is 29.8. The van der Waals surface area contributed by atoms with Gasteiger partial charge in [-0.25, -0.2) is 13.4 Å². The lowest BCUT2D eigenvalue weighted by atomic mass is 10.1. The van der Waals surface area contributed by atoms with E-state index < -0.39 is 34.4 Å². The highest BCUT2D eigenvalue weighted by Gasteiger charge is 2.44. The molecule has 1 fully saturated rings. The lowest BCUT2D eigenvalue weighted by Gasteiger charge is -2.22. The number of imidazole rings is 1. The van der Waals surface area contributed by atoms with Crippen LogP contribution in [0.25, 0.3) is 11.2 Å². The number of nitrogens with one attached hydrogen (secondary N) is 2. The van der Waals surface area contributed by atoms with Gasteiger partial charge in [-0.3, -0.25) is 9.36 Å². The molecule has 2 aromatic rings. The van der Waals surface area contributed by atoms with Crippen LogP contribution in [0, 0.1) is 0 Å². The predicted molar refractivity (Wildman–Crippen MR) is 148 cm³/mol. The molecule has 0 saturated carbocycles. The van der Waals surface area contributed by atoms with Crippen molar-refractivity contribution in [1.82, 2.24) is 29.7 Å².